The van der Waals surface area contributed by atoms with Gasteiger partial charge in [0.1, 0.15) is 21.3 Å². The third-order valence-corrected chi connectivity index (χ3v) is 8.65. The Morgan fingerprint density at radius 1 is 1.19 bits per heavy atom. The van der Waals surface area contributed by atoms with Crippen molar-refractivity contribution in [3.8, 4) is 11.6 Å². The zero-order valence-corrected chi connectivity index (χ0v) is 19.3. The maximum Gasteiger partial charge on any atom is 0.263 e. The van der Waals surface area contributed by atoms with Crippen molar-refractivity contribution in [1.29, 1.82) is 0 Å². The number of carbonyl (C=O) groups is 1. The summed E-state index contributed by atoms with van der Waals surface area (Å²) in [5.41, 5.74) is 0.569. The van der Waals surface area contributed by atoms with Crippen molar-refractivity contribution in [2.24, 2.45) is 0 Å². The van der Waals surface area contributed by atoms with Gasteiger partial charge in [-0.2, -0.15) is 16.1 Å². The average Bonchev–Trinajstić information content (AvgIpc) is 3.30. The molecule has 1 aliphatic rings. The van der Waals surface area contributed by atoms with Crippen molar-refractivity contribution in [2.45, 2.75) is 11.4 Å². The van der Waals surface area contributed by atoms with Crippen molar-refractivity contribution in [1.82, 2.24) is 14.6 Å². The van der Waals surface area contributed by atoms with E-state index in [1.807, 2.05) is 0 Å². The highest BCUT2D eigenvalue weighted by Gasteiger charge is 2.31. The van der Waals surface area contributed by atoms with Crippen molar-refractivity contribution >= 4 is 39.0 Å². The van der Waals surface area contributed by atoms with Crippen molar-refractivity contribution < 1.29 is 22.3 Å². The summed E-state index contributed by atoms with van der Waals surface area (Å²) in [5, 5.41) is 4.34. The number of hydrogen-bond acceptors (Lipinski definition) is 7. The fraction of sp³-hybridized carbons (Fsp3) is 0.238. The molecule has 1 aromatic carbocycles. The second kappa shape index (κ2) is 9.99. The van der Waals surface area contributed by atoms with Crippen LogP contribution < -0.4 is 10.1 Å². The lowest BCUT2D eigenvalue weighted by molar-refractivity contribution is 0.0951. The van der Waals surface area contributed by atoms with E-state index in [9.17, 15) is 17.6 Å². The van der Waals surface area contributed by atoms with Gasteiger partial charge in [-0.1, -0.05) is 12.1 Å². The lowest BCUT2D eigenvalue weighted by atomic mass is 10.2. The highest BCUT2D eigenvalue weighted by molar-refractivity contribution is 7.99. The van der Waals surface area contributed by atoms with Gasteiger partial charge in [-0.15, -0.1) is 11.3 Å². The Morgan fingerprint density at radius 2 is 2.00 bits per heavy atom. The molecule has 1 saturated heterocycles. The number of benzene rings is 1. The highest BCUT2D eigenvalue weighted by Crippen LogP contribution is 2.28. The summed E-state index contributed by atoms with van der Waals surface area (Å²) in [5.74, 6) is 1.04. The standard InChI is InChI=1S/C21H20FN3O4S3/c22-16-4-1-5-17(13-16)29-21-15(3-2-7-23-21)14-24-20(26)19-18(6-10-31-19)32(27,28)25-8-11-30-12-9-25/h1-7,10,13H,8-9,11-12,14H2,(H,24,26). The average molecular weight is 494 g/mol. The number of hydrogen-bond donors (Lipinski definition) is 1. The van der Waals surface area contributed by atoms with Gasteiger partial charge < -0.3 is 10.1 Å². The molecule has 0 aliphatic carbocycles. The number of aromatic nitrogens is 1. The molecule has 11 heteroatoms. The monoisotopic (exact) mass is 493 g/mol. The van der Waals surface area contributed by atoms with Crippen LogP contribution >= 0.6 is 23.1 Å². The molecule has 0 saturated carbocycles. The minimum atomic E-state index is -3.73. The molecule has 7 nitrogen and oxygen atoms in total. The molecule has 0 spiro atoms. The Hall–Kier alpha value is -2.47. The van der Waals surface area contributed by atoms with Crippen molar-refractivity contribution in [3.63, 3.8) is 0 Å². The molecule has 1 N–H and O–H groups in total. The Labute approximate surface area is 193 Å². The summed E-state index contributed by atoms with van der Waals surface area (Å²) in [7, 11) is -3.73. The predicted octanol–water partition coefficient (Wildman–Crippen LogP) is 3.74. The number of thiophene rings is 1. The largest absolute Gasteiger partial charge is 0.439 e. The zero-order valence-electron chi connectivity index (χ0n) is 16.9. The number of nitrogens with zero attached hydrogens (tertiary/aromatic N) is 2. The molecule has 0 unspecified atom stereocenters. The van der Waals surface area contributed by atoms with Crippen LogP contribution in [0.4, 0.5) is 4.39 Å². The summed E-state index contributed by atoms with van der Waals surface area (Å²) in [6.07, 6.45) is 1.53. The summed E-state index contributed by atoms with van der Waals surface area (Å²) < 4.78 is 46.6. The van der Waals surface area contributed by atoms with E-state index in [-0.39, 0.29) is 27.9 Å². The topological polar surface area (TPSA) is 88.6 Å². The fourth-order valence-electron chi connectivity index (χ4n) is 3.14. The quantitative estimate of drug-likeness (QED) is 0.540. The van der Waals surface area contributed by atoms with Gasteiger partial charge in [0.2, 0.25) is 15.9 Å². The second-order valence-electron chi connectivity index (χ2n) is 6.84. The van der Waals surface area contributed by atoms with E-state index in [0.29, 0.717) is 18.7 Å². The summed E-state index contributed by atoms with van der Waals surface area (Å²) in [6.45, 7) is 0.926. The van der Waals surface area contributed by atoms with E-state index >= 15 is 0 Å². The first-order chi connectivity index (χ1) is 15.4. The number of pyridine rings is 1. The minimum absolute atomic E-state index is 0.0225. The fourth-order valence-corrected chi connectivity index (χ4v) is 7.03. The summed E-state index contributed by atoms with van der Waals surface area (Å²) >= 11 is 2.79. The van der Waals surface area contributed by atoms with Gasteiger partial charge >= 0.3 is 0 Å². The first-order valence-corrected chi connectivity index (χ1v) is 13.2. The van der Waals surface area contributed by atoms with Gasteiger partial charge in [0.25, 0.3) is 5.91 Å². The molecule has 0 bridgehead atoms. The highest BCUT2D eigenvalue weighted by atomic mass is 32.2. The van der Waals surface area contributed by atoms with E-state index in [2.05, 4.69) is 10.3 Å². The maximum absolute atomic E-state index is 13.4. The number of ether oxygens (including phenoxy) is 1. The van der Waals surface area contributed by atoms with Gasteiger partial charge in [-0.05, 0) is 29.6 Å². The number of nitrogens with one attached hydrogen (secondary N) is 1. The van der Waals surface area contributed by atoms with Crippen LogP contribution in [0.15, 0.2) is 58.9 Å². The Kier molecular flexibility index (Phi) is 7.09. The summed E-state index contributed by atoms with van der Waals surface area (Å²) in [4.78, 5) is 17.2. The Bertz CT molecular complexity index is 1210. The third kappa shape index (κ3) is 5.12. The number of halogens is 1. The number of rotatable bonds is 7. The van der Waals surface area contributed by atoms with Crippen LogP contribution in [-0.2, 0) is 16.6 Å². The van der Waals surface area contributed by atoms with Crippen LogP contribution in [0, 0.1) is 5.82 Å². The number of amides is 1. The first-order valence-electron chi connectivity index (χ1n) is 9.76. The van der Waals surface area contributed by atoms with Crippen LogP contribution in [0.2, 0.25) is 0 Å². The molecule has 4 rings (SSSR count). The first kappa shape index (κ1) is 22.7. The number of thioether (sulfide) groups is 1. The van der Waals surface area contributed by atoms with Crippen molar-refractivity contribution in [2.75, 3.05) is 24.6 Å². The van der Waals surface area contributed by atoms with Crippen LogP contribution in [0.1, 0.15) is 15.2 Å². The molecule has 3 heterocycles. The van der Waals surface area contributed by atoms with Gasteiger partial charge in [0, 0.05) is 49.0 Å². The zero-order chi connectivity index (χ0) is 22.6. The molecular weight excluding hydrogens is 473 g/mol. The van der Waals surface area contributed by atoms with E-state index in [0.717, 1.165) is 22.8 Å². The second-order valence-corrected chi connectivity index (χ2v) is 10.9. The maximum atomic E-state index is 13.4. The van der Waals surface area contributed by atoms with E-state index < -0.39 is 21.7 Å². The van der Waals surface area contributed by atoms with Crippen LogP contribution in [0.3, 0.4) is 0 Å². The molecule has 168 valence electrons. The SMILES string of the molecule is O=C(NCc1cccnc1Oc1cccc(F)c1)c1sccc1S(=O)(=O)N1CCSCC1. The molecule has 3 aromatic rings. The minimum Gasteiger partial charge on any atom is -0.439 e. The lowest BCUT2D eigenvalue weighted by Gasteiger charge is -2.25. The Balaban J connectivity index is 1.48. The molecule has 2 aromatic heterocycles. The predicted molar refractivity (Wildman–Crippen MR) is 122 cm³/mol. The molecule has 0 radical (unpaired) electrons. The van der Waals surface area contributed by atoms with Gasteiger partial charge in [0.05, 0.1) is 0 Å². The van der Waals surface area contributed by atoms with Gasteiger partial charge in [0.15, 0.2) is 0 Å². The molecule has 1 fully saturated rings. The van der Waals surface area contributed by atoms with E-state index in [1.165, 1.54) is 34.8 Å². The van der Waals surface area contributed by atoms with Gasteiger partial charge in [-0.3, -0.25) is 4.79 Å². The third-order valence-electron chi connectivity index (χ3n) is 4.72. The Morgan fingerprint density at radius 3 is 2.78 bits per heavy atom. The van der Waals surface area contributed by atoms with E-state index in [1.54, 1.807) is 35.3 Å². The molecule has 1 amide bonds. The van der Waals surface area contributed by atoms with Crippen LogP contribution in [0.25, 0.3) is 0 Å². The van der Waals surface area contributed by atoms with Crippen molar-refractivity contribution in [3.05, 3.63) is 70.3 Å². The molecular formula is C21H20FN3O4S3. The summed E-state index contributed by atoms with van der Waals surface area (Å²) in [6, 6.07) is 10.5. The van der Waals surface area contributed by atoms with Crippen LogP contribution in [-0.4, -0.2) is 48.2 Å². The normalized spacial score (nSPS) is 14.8. The van der Waals surface area contributed by atoms with Crippen LogP contribution in [0.5, 0.6) is 11.6 Å². The lowest BCUT2D eigenvalue weighted by Crippen LogP contribution is -2.38. The molecule has 1 aliphatic heterocycles. The van der Waals surface area contributed by atoms with Gasteiger partial charge in [-0.25, -0.2) is 17.8 Å². The number of sulfonamides is 1. The molecule has 0 atom stereocenters. The smallest absolute Gasteiger partial charge is 0.263 e. The number of carbonyl (C=O) groups excluding carboxylic acids is 1. The molecule has 32 heavy (non-hydrogen) atoms. The van der Waals surface area contributed by atoms with E-state index in [4.69, 9.17) is 4.74 Å².